The highest BCUT2D eigenvalue weighted by molar-refractivity contribution is 5.95. The Morgan fingerprint density at radius 1 is 0.973 bits per heavy atom. The smallest absolute Gasteiger partial charge is 0.227 e. The number of pyridine rings is 1. The molecule has 10 nitrogen and oxygen atoms in total. The van der Waals surface area contributed by atoms with Gasteiger partial charge in [-0.3, -0.25) is 9.88 Å². The van der Waals surface area contributed by atoms with Crippen molar-refractivity contribution in [3.05, 3.63) is 48.3 Å². The van der Waals surface area contributed by atoms with Gasteiger partial charge in [-0.15, -0.1) is 0 Å². The first-order chi connectivity index (χ1) is 18.1. The number of aromatic nitrogens is 3. The first-order valence-corrected chi connectivity index (χ1v) is 13.1. The molecule has 3 fully saturated rings. The first-order valence-electron chi connectivity index (χ1n) is 13.1. The van der Waals surface area contributed by atoms with Crippen LogP contribution >= 0.6 is 0 Å². The van der Waals surface area contributed by atoms with Crippen molar-refractivity contribution in [2.75, 3.05) is 73.6 Å². The lowest BCUT2D eigenvalue weighted by atomic mass is 10.1. The van der Waals surface area contributed by atoms with Gasteiger partial charge in [-0.25, -0.2) is 4.98 Å². The van der Waals surface area contributed by atoms with Crippen molar-refractivity contribution in [3.8, 4) is 6.07 Å². The van der Waals surface area contributed by atoms with Gasteiger partial charge in [0, 0.05) is 88.4 Å². The zero-order chi connectivity index (χ0) is 25.4. The fourth-order valence-corrected chi connectivity index (χ4v) is 5.66. The number of nitrogens with two attached hydrogens (primary N) is 1. The molecule has 2 atom stereocenters. The molecule has 0 aliphatic carbocycles. The quantitative estimate of drug-likeness (QED) is 0.554. The van der Waals surface area contributed by atoms with E-state index in [9.17, 15) is 5.26 Å². The van der Waals surface area contributed by atoms with E-state index in [1.807, 2.05) is 24.4 Å². The SMILES string of the molecule is CC1CN(c2ccc(C#N)c3ncccc23)CC(CN2CCN(c3ccnc(N4CC(N)C4)n3)CC2)O1. The number of piperazine rings is 1. The van der Waals surface area contributed by atoms with E-state index in [2.05, 4.69) is 54.7 Å². The summed E-state index contributed by atoms with van der Waals surface area (Å²) in [5.74, 6) is 1.76. The number of fused-ring (bicyclic) bond motifs is 1. The molecular formula is C27H33N9O. The molecule has 0 amide bonds. The Morgan fingerprint density at radius 3 is 2.59 bits per heavy atom. The molecule has 1 aromatic carbocycles. The fourth-order valence-electron chi connectivity index (χ4n) is 5.66. The van der Waals surface area contributed by atoms with E-state index in [-0.39, 0.29) is 18.2 Å². The minimum absolute atomic E-state index is 0.110. The van der Waals surface area contributed by atoms with Crippen LogP contribution in [0.25, 0.3) is 10.9 Å². The third-order valence-corrected chi connectivity index (χ3v) is 7.51. The first kappa shape index (κ1) is 23.9. The van der Waals surface area contributed by atoms with Gasteiger partial charge in [-0.1, -0.05) is 0 Å². The van der Waals surface area contributed by atoms with Crippen LogP contribution < -0.4 is 20.4 Å². The van der Waals surface area contributed by atoms with Crippen LogP contribution in [0.5, 0.6) is 0 Å². The number of benzene rings is 1. The number of nitrogens with zero attached hydrogens (tertiary/aromatic N) is 8. The lowest BCUT2D eigenvalue weighted by molar-refractivity contribution is -0.0327. The van der Waals surface area contributed by atoms with Gasteiger partial charge in [-0.05, 0) is 37.3 Å². The Labute approximate surface area is 217 Å². The van der Waals surface area contributed by atoms with Crippen molar-refractivity contribution in [1.82, 2.24) is 19.9 Å². The van der Waals surface area contributed by atoms with Crippen LogP contribution in [-0.4, -0.2) is 97.0 Å². The number of anilines is 3. The maximum atomic E-state index is 9.51. The molecule has 10 heteroatoms. The number of rotatable bonds is 5. The highest BCUT2D eigenvalue weighted by Gasteiger charge is 2.30. The normalized spacial score (nSPS) is 23.2. The Kier molecular flexibility index (Phi) is 6.50. The Balaban J connectivity index is 1.09. The van der Waals surface area contributed by atoms with Gasteiger partial charge in [-0.2, -0.15) is 10.2 Å². The molecule has 6 rings (SSSR count). The molecule has 3 aliphatic rings. The molecule has 0 saturated carbocycles. The highest BCUT2D eigenvalue weighted by atomic mass is 16.5. The van der Waals surface area contributed by atoms with E-state index < -0.39 is 0 Å². The summed E-state index contributed by atoms with van der Waals surface area (Å²) in [6.07, 6.45) is 3.83. The van der Waals surface area contributed by atoms with Gasteiger partial charge in [0.25, 0.3) is 0 Å². The fraction of sp³-hybridized carbons (Fsp3) is 0.481. The third-order valence-electron chi connectivity index (χ3n) is 7.51. The topological polar surface area (TPSA) is 111 Å². The minimum Gasteiger partial charge on any atom is -0.370 e. The average molecular weight is 500 g/mol. The zero-order valence-corrected chi connectivity index (χ0v) is 21.2. The largest absolute Gasteiger partial charge is 0.370 e. The average Bonchev–Trinajstić information content (AvgIpc) is 2.91. The summed E-state index contributed by atoms with van der Waals surface area (Å²) in [5.41, 5.74) is 8.42. The standard InChI is InChI=1S/C27H33N9O/c1-19-14-35(24-5-4-20(13-28)26-23(24)3-2-7-30-26)18-22(37-19)17-33-9-11-34(12-10-33)25-6-8-31-27(32-25)36-15-21(29)16-36/h2-8,19,21-22H,9-12,14-18,29H2,1H3. The molecule has 5 heterocycles. The maximum Gasteiger partial charge on any atom is 0.227 e. The van der Waals surface area contributed by atoms with Crippen molar-refractivity contribution in [2.24, 2.45) is 5.73 Å². The number of morpholine rings is 1. The molecule has 3 aromatic rings. The molecule has 2 N–H and O–H groups in total. The summed E-state index contributed by atoms with van der Waals surface area (Å²) in [6.45, 7) is 10.1. The van der Waals surface area contributed by atoms with Gasteiger partial charge in [0.1, 0.15) is 11.9 Å². The monoisotopic (exact) mass is 499 g/mol. The van der Waals surface area contributed by atoms with Crippen molar-refractivity contribution in [3.63, 3.8) is 0 Å². The number of hydrogen-bond acceptors (Lipinski definition) is 10. The van der Waals surface area contributed by atoms with Crippen LogP contribution in [0.15, 0.2) is 42.7 Å². The molecule has 2 aromatic heterocycles. The minimum atomic E-state index is 0.110. The van der Waals surface area contributed by atoms with Gasteiger partial charge in [0.05, 0.1) is 23.3 Å². The summed E-state index contributed by atoms with van der Waals surface area (Å²) in [7, 11) is 0. The zero-order valence-electron chi connectivity index (χ0n) is 21.2. The summed E-state index contributed by atoms with van der Waals surface area (Å²) >= 11 is 0. The van der Waals surface area contributed by atoms with Crippen molar-refractivity contribution >= 4 is 28.4 Å². The molecule has 192 valence electrons. The second-order valence-electron chi connectivity index (χ2n) is 10.3. The number of hydrogen-bond donors (Lipinski definition) is 1. The lowest BCUT2D eigenvalue weighted by Crippen LogP contribution is -2.56. The van der Waals surface area contributed by atoms with Gasteiger partial charge >= 0.3 is 0 Å². The third kappa shape index (κ3) is 4.90. The van der Waals surface area contributed by atoms with Gasteiger partial charge < -0.3 is 25.2 Å². The number of nitriles is 1. The molecule has 3 saturated heterocycles. The van der Waals surface area contributed by atoms with Crippen LogP contribution in [0.1, 0.15) is 12.5 Å². The molecule has 0 radical (unpaired) electrons. The molecule has 3 aliphatic heterocycles. The van der Waals surface area contributed by atoms with Gasteiger partial charge in [0.2, 0.25) is 5.95 Å². The Hall–Kier alpha value is -3.52. The van der Waals surface area contributed by atoms with E-state index in [0.717, 1.165) is 87.3 Å². The number of ether oxygens (including phenoxy) is 1. The predicted octanol–water partition coefficient (Wildman–Crippen LogP) is 1.46. The summed E-state index contributed by atoms with van der Waals surface area (Å²) in [4.78, 5) is 23.1. The Bertz CT molecular complexity index is 1300. The summed E-state index contributed by atoms with van der Waals surface area (Å²) < 4.78 is 6.38. The molecule has 0 bridgehead atoms. The molecule has 0 spiro atoms. The maximum absolute atomic E-state index is 9.51. The van der Waals surface area contributed by atoms with E-state index >= 15 is 0 Å². The second-order valence-corrected chi connectivity index (χ2v) is 10.3. The van der Waals surface area contributed by atoms with Gasteiger partial charge in [0.15, 0.2) is 0 Å². The Morgan fingerprint density at radius 2 is 1.81 bits per heavy atom. The van der Waals surface area contributed by atoms with Crippen LogP contribution in [0, 0.1) is 11.3 Å². The van der Waals surface area contributed by atoms with E-state index in [4.69, 9.17) is 15.5 Å². The van der Waals surface area contributed by atoms with Crippen LogP contribution in [0.2, 0.25) is 0 Å². The molecule has 2 unspecified atom stereocenters. The van der Waals surface area contributed by atoms with Crippen molar-refractivity contribution in [2.45, 2.75) is 25.2 Å². The van der Waals surface area contributed by atoms with E-state index in [1.165, 1.54) is 0 Å². The lowest BCUT2D eigenvalue weighted by Gasteiger charge is -2.42. The molecular weight excluding hydrogens is 466 g/mol. The van der Waals surface area contributed by atoms with E-state index in [1.54, 1.807) is 6.20 Å². The van der Waals surface area contributed by atoms with Crippen LogP contribution in [0.3, 0.4) is 0 Å². The predicted molar refractivity (Wildman–Crippen MR) is 144 cm³/mol. The van der Waals surface area contributed by atoms with Crippen molar-refractivity contribution < 1.29 is 4.74 Å². The second kappa shape index (κ2) is 10.1. The summed E-state index contributed by atoms with van der Waals surface area (Å²) in [5, 5.41) is 10.5. The van der Waals surface area contributed by atoms with Crippen LogP contribution in [-0.2, 0) is 4.74 Å². The van der Waals surface area contributed by atoms with E-state index in [0.29, 0.717) is 5.56 Å². The molecule has 37 heavy (non-hydrogen) atoms. The highest BCUT2D eigenvalue weighted by Crippen LogP contribution is 2.30. The van der Waals surface area contributed by atoms with Crippen molar-refractivity contribution in [1.29, 1.82) is 5.26 Å². The summed E-state index contributed by atoms with van der Waals surface area (Å²) in [6, 6.07) is 12.4. The van der Waals surface area contributed by atoms with Crippen LogP contribution in [0.4, 0.5) is 17.5 Å².